The average molecular weight is 282 g/mol. The minimum absolute atomic E-state index is 0.130. The number of carbonyl (C=O) groups is 1. The van der Waals surface area contributed by atoms with Gasteiger partial charge in [0.1, 0.15) is 0 Å². The predicted octanol–water partition coefficient (Wildman–Crippen LogP) is 3.26. The van der Waals surface area contributed by atoms with E-state index in [0.717, 1.165) is 12.8 Å². The molecule has 4 nitrogen and oxygen atoms in total. The summed E-state index contributed by atoms with van der Waals surface area (Å²) in [6.07, 6.45) is 2.13. The van der Waals surface area contributed by atoms with E-state index < -0.39 is 25.9 Å². The van der Waals surface area contributed by atoms with Crippen LogP contribution in [0.5, 0.6) is 0 Å². The zero-order chi connectivity index (χ0) is 13.8. The summed E-state index contributed by atoms with van der Waals surface area (Å²) in [7, 11) is 0. The zero-order valence-corrected chi connectivity index (χ0v) is 13.4. The molecule has 0 bridgehead atoms. The van der Waals surface area contributed by atoms with E-state index in [9.17, 15) is 4.79 Å². The number of rotatable bonds is 7. The van der Waals surface area contributed by atoms with Gasteiger partial charge in [-0.25, -0.2) is 0 Å². The van der Waals surface area contributed by atoms with Gasteiger partial charge in [-0.1, -0.05) is 13.8 Å². The first-order chi connectivity index (χ1) is 7.84. The first-order valence-corrected chi connectivity index (χ1v) is 7.41. The van der Waals surface area contributed by atoms with Gasteiger partial charge in [0.2, 0.25) is 0 Å². The summed E-state index contributed by atoms with van der Waals surface area (Å²) >= 11 is -0.574. The third-order valence-electron chi connectivity index (χ3n) is 1.90. The molecule has 0 aliphatic heterocycles. The molecule has 0 amide bonds. The Hall–Kier alpha value is 0.104. The Kier molecular flexibility index (Phi) is 14.4. The Morgan fingerprint density at radius 1 is 1.06 bits per heavy atom. The van der Waals surface area contributed by atoms with Crippen molar-refractivity contribution in [3.63, 3.8) is 0 Å². The van der Waals surface area contributed by atoms with Crippen LogP contribution in [0.1, 0.15) is 54.4 Å². The molecular formula is C12H26O4Ti. The number of aliphatic carboxylic acids is 1. The van der Waals surface area contributed by atoms with Crippen molar-refractivity contribution < 1.29 is 36.5 Å². The van der Waals surface area contributed by atoms with Crippen molar-refractivity contribution in [1.29, 1.82) is 0 Å². The summed E-state index contributed by atoms with van der Waals surface area (Å²) in [5.41, 5.74) is 0. The molecule has 0 heterocycles. The molecule has 0 unspecified atom stereocenters. The van der Waals surface area contributed by atoms with Crippen LogP contribution in [0.15, 0.2) is 0 Å². The van der Waals surface area contributed by atoms with Crippen LogP contribution in [0, 0.1) is 5.92 Å². The second-order valence-corrected chi connectivity index (χ2v) is 5.26. The van der Waals surface area contributed by atoms with Gasteiger partial charge in [0, 0.05) is 0 Å². The van der Waals surface area contributed by atoms with Crippen LogP contribution in [0.2, 0.25) is 0 Å². The second kappa shape index (κ2) is 12.6. The van der Waals surface area contributed by atoms with Crippen molar-refractivity contribution in [1.82, 2.24) is 0 Å². The van der Waals surface area contributed by atoms with Crippen LogP contribution >= 0.6 is 0 Å². The second-order valence-electron chi connectivity index (χ2n) is 4.27. The Morgan fingerprint density at radius 3 is 1.53 bits per heavy atom. The van der Waals surface area contributed by atoms with Gasteiger partial charge in [-0.2, -0.15) is 0 Å². The number of hydrogen-bond donors (Lipinski definition) is 1. The van der Waals surface area contributed by atoms with Crippen LogP contribution in [0.25, 0.3) is 0 Å². The minimum atomic E-state index is -0.671. The summed E-state index contributed by atoms with van der Waals surface area (Å²) in [4.78, 5) is 10.2. The zero-order valence-electron chi connectivity index (χ0n) is 11.8. The van der Waals surface area contributed by atoms with E-state index >= 15 is 0 Å². The minimum Gasteiger partial charge on any atom is -0.481 e. The van der Waals surface area contributed by atoms with Crippen molar-refractivity contribution in [3.05, 3.63) is 0 Å². The molecule has 0 spiro atoms. The maximum Gasteiger partial charge on any atom is 0.306 e. The fourth-order valence-corrected chi connectivity index (χ4v) is 1.55. The topological polar surface area (TPSA) is 55.8 Å². The molecule has 0 fully saturated rings. The standard InChI is InChI=1S/C6H12O2.2C3H7O.Ti/c1-3-5(4-2)6(7)8;2*1-3(2)4;/h5H,3-4H2,1-2H3,(H,7,8);2*3H,1-2H3;/q;2*-1;+2. The Morgan fingerprint density at radius 2 is 1.41 bits per heavy atom. The van der Waals surface area contributed by atoms with Crippen molar-refractivity contribution in [2.45, 2.75) is 66.6 Å². The van der Waals surface area contributed by atoms with Crippen LogP contribution in [0.3, 0.4) is 0 Å². The maximum absolute atomic E-state index is 10.2. The molecule has 0 rings (SSSR count). The Labute approximate surface area is 115 Å². The molecule has 0 atom stereocenters. The first kappa shape index (κ1) is 19.4. The van der Waals surface area contributed by atoms with Gasteiger partial charge in [-0.3, -0.25) is 4.79 Å². The first-order valence-electron chi connectivity index (χ1n) is 6.14. The van der Waals surface area contributed by atoms with E-state index in [1.165, 1.54) is 0 Å². The van der Waals surface area contributed by atoms with Crippen LogP contribution in [0.4, 0.5) is 0 Å². The predicted molar refractivity (Wildman–Crippen MR) is 64.1 cm³/mol. The number of hydrogen-bond acceptors (Lipinski definition) is 3. The van der Waals surface area contributed by atoms with E-state index in [4.69, 9.17) is 11.7 Å². The van der Waals surface area contributed by atoms with Crippen molar-refractivity contribution in [2.24, 2.45) is 5.92 Å². The summed E-state index contributed by atoms with van der Waals surface area (Å²) in [5, 5.41) is 8.37. The van der Waals surface area contributed by atoms with E-state index in [1.54, 1.807) is 0 Å². The molecule has 0 aliphatic carbocycles. The summed E-state index contributed by atoms with van der Waals surface area (Å²) in [5.74, 6) is -0.801. The molecule has 0 aromatic heterocycles. The third kappa shape index (κ3) is 16.1. The van der Waals surface area contributed by atoms with Crippen molar-refractivity contribution >= 4 is 5.97 Å². The van der Waals surface area contributed by atoms with E-state index in [1.807, 2.05) is 41.5 Å². The van der Waals surface area contributed by atoms with Gasteiger partial charge >= 0.3 is 72.4 Å². The van der Waals surface area contributed by atoms with Crippen LogP contribution < -0.4 is 0 Å². The summed E-state index contributed by atoms with van der Waals surface area (Å²) in [6, 6.07) is 0. The fraction of sp³-hybridized carbons (Fsp3) is 0.917. The van der Waals surface area contributed by atoms with Gasteiger partial charge in [-0.15, -0.1) is 0 Å². The number of carboxylic acids is 1. The van der Waals surface area contributed by atoms with Crippen molar-refractivity contribution in [3.8, 4) is 0 Å². The number of carboxylic acid groups (broad SMARTS) is 1. The van der Waals surface area contributed by atoms with Crippen LogP contribution in [-0.2, 0) is 31.4 Å². The molecule has 17 heavy (non-hydrogen) atoms. The SMILES string of the molecule is CC(C)[O][Ti][O]C(C)C.CCC(CC)C(=O)O. The van der Waals surface area contributed by atoms with Gasteiger partial charge < -0.3 is 5.11 Å². The monoisotopic (exact) mass is 282 g/mol. The van der Waals surface area contributed by atoms with Gasteiger partial charge in [-0.05, 0) is 12.8 Å². The quantitative estimate of drug-likeness (QED) is 0.728. The molecule has 0 saturated heterocycles. The Balaban J connectivity index is 0. The molecule has 1 N–H and O–H groups in total. The third-order valence-corrected chi connectivity index (χ3v) is 3.68. The largest absolute Gasteiger partial charge is 0.481 e. The van der Waals surface area contributed by atoms with Gasteiger partial charge in [0.05, 0.1) is 5.92 Å². The summed E-state index contributed by atoms with van der Waals surface area (Å²) < 4.78 is 10.5. The molecule has 0 aromatic carbocycles. The van der Waals surface area contributed by atoms with E-state index in [-0.39, 0.29) is 5.92 Å². The van der Waals surface area contributed by atoms with Gasteiger partial charge in [0.15, 0.2) is 0 Å². The normalized spacial score (nSPS) is 10.4. The molecule has 0 aromatic rings. The molecule has 5 heteroatoms. The van der Waals surface area contributed by atoms with Crippen LogP contribution in [-0.4, -0.2) is 23.3 Å². The molecule has 0 aliphatic rings. The van der Waals surface area contributed by atoms with E-state index in [2.05, 4.69) is 0 Å². The Bertz CT molecular complexity index is 171. The smallest absolute Gasteiger partial charge is 0.306 e. The molecule has 0 saturated carbocycles. The molecule has 0 radical (unpaired) electrons. The molecular weight excluding hydrogens is 256 g/mol. The van der Waals surface area contributed by atoms with Crippen molar-refractivity contribution in [2.75, 3.05) is 0 Å². The molecule has 102 valence electrons. The maximum atomic E-state index is 10.2. The summed E-state index contributed by atoms with van der Waals surface area (Å²) in [6.45, 7) is 11.9. The van der Waals surface area contributed by atoms with E-state index in [0.29, 0.717) is 12.2 Å². The average Bonchev–Trinajstić information content (AvgIpc) is 2.18. The fourth-order valence-electron chi connectivity index (χ4n) is 0.858. The van der Waals surface area contributed by atoms with Gasteiger partial charge in [0.25, 0.3) is 0 Å².